The predicted molar refractivity (Wildman–Crippen MR) is 84.1 cm³/mol. The third-order valence-corrected chi connectivity index (χ3v) is 4.27. The SMILES string of the molecule is CCc1nnc(SCC(=O)N[C@H](C)c2ccccc2)n1C. The van der Waals surface area contributed by atoms with Crippen molar-refractivity contribution >= 4 is 17.7 Å². The molecule has 5 nitrogen and oxygen atoms in total. The van der Waals surface area contributed by atoms with E-state index in [9.17, 15) is 4.79 Å². The molecular formula is C15H20N4OS. The minimum atomic E-state index is -0.00241. The molecule has 1 N–H and O–H groups in total. The summed E-state index contributed by atoms with van der Waals surface area (Å²) < 4.78 is 1.93. The third kappa shape index (κ3) is 4.07. The average molecular weight is 304 g/mol. The maximum Gasteiger partial charge on any atom is 0.230 e. The van der Waals surface area contributed by atoms with Crippen LogP contribution in [0.25, 0.3) is 0 Å². The summed E-state index contributed by atoms with van der Waals surface area (Å²) in [7, 11) is 1.92. The molecule has 0 saturated heterocycles. The van der Waals surface area contributed by atoms with Crippen LogP contribution in [0.4, 0.5) is 0 Å². The zero-order valence-corrected chi connectivity index (χ0v) is 13.4. The molecular weight excluding hydrogens is 284 g/mol. The van der Waals surface area contributed by atoms with Gasteiger partial charge < -0.3 is 9.88 Å². The van der Waals surface area contributed by atoms with Gasteiger partial charge in [0, 0.05) is 13.5 Å². The standard InChI is InChI=1S/C15H20N4OS/c1-4-13-17-18-15(19(13)3)21-10-14(20)16-11(2)12-8-6-5-7-9-12/h5-9,11H,4,10H2,1-3H3,(H,16,20)/t11-/m1/s1. The van der Waals surface area contributed by atoms with Gasteiger partial charge in [-0.2, -0.15) is 0 Å². The van der Waals surface area contributed by atoms with Crippen molar-refractivity contribution in [2.24, 2.45) is 7.05 Å². The van der Waals surface area contributed by atoms with Gasteiger partial charge in [0.05, 0.1) is 11.8 Å². The van der Waals surface area contributed by atoms with Gasteiger partial charge in [0.1, 0.15) is 5.82 Å². The smallest absolute Gasteiger partial charge is 0.230 e. The molecule has 1 atom stereocenters. The zero-order valence-electron chi connectivity index (χ0n) is 12.5. The van der Waals surface area contributed by atoms with Crippen molar-refractivity contribution in [3.63, 3.8) is 0 Å². The van der Waals surface area contributed by atoms with Crippen LogP contribution < -0.4 is 5.32 Å². The molecule has 0 bridgehead atoms. The average Bonchev–Trinajstić information content (AvgIpc) is 2.86. The van der Waals surface area contributed by atoms with Gasteiger partial charge in [-0.1, -0.05) is 49.0 Å². The second-order valence-electron chi connectivity index (χ2n) is 4.80. The van der Waals surface area contributed by atoms with E-state index >= 15 is 0 Å². The topological polar surface area (TPSA) is 59.8 Å². The number of hydrogen-bond donors (Lipinski definition) is 1. The van der Waals surface area contributed by atoms with Gasteiger partial charge in [0.15, 0.2) is 5.16 Å². The highest BCUT2D eigenvalue weighted by Gasteiger charge is 2.12. The number of nitrogens with one attached hydrogen (secondary N) is 1. The Kier molecular flexibility index (Phi) is 5.38. The van der Waals surface area contributed by atoms with Gasteiger partial charge in [0.25, 0.3) is 0 Å². The molecule has 0 aliphatic carbocycles. The number of benzene rings is 1. The van der Waals surface area contributed by atoms with Crippen LogP contribution in [0.1, 0.15) is 31.3 Å². The number of hydrogen-bond acceptors (Lipinski definition) is 4. The normalized spacial score (nSPS) is 12.1. The minimum Gasteiger partial charge on any atom is -0.349 e. The molecule has 0 radical (unpaired) electrons. The Morgan fingerprint density at radius 1 is 1.33 bits per heavy atom. The van der Waals surface area contributed by atoms with Crippen LogP contribution in [-0.4, -0.2) is 26.4 Å². The number of amides is 1. The fourth-order valence-corrected chi connectivity index (χ4v) is 2.76. The molecule has 0 unspecified atom stereocenters. The van der Waals surface area contributed by atoms with Crippen molar-refractivity contribution in [3.8, 4) is 0 Å². The second kappa shape index (κ2) is 7.26. The summed E-state index contributed by atoms with van der Waals surface area (Å²) in [5.41, 5.74) is 1.10. The summed E-state index contributed by atoms with van der Waals surface area (Å²) in [5.74, 6) is 1.26. The molecule has 1 amide bonds. The number of aryl methyl sites for hydroxylation is 1. The number of thioether (sulfide) groups is 1. The summed E-state index contributed by atoms with van der Waals surface area (Å²) in [6.07, 6.45) is 0.835. The van der Waals surface area contributed by atoms with Crippen molar-refractivity contribution in [1.29, 1.82) is 0 Å². The lowest BCUT2D eigenvalue weighted by Gasteiger charge is -2.13. The second-order valence-corrected chi connectivity index (χ2v) is 5.74. The molecule has 1 aromatic heterocycles. The van der Waals surface area contributed by atoms with Crippen molar-refractivity contribution in [3.05, 3.63) is 41.7 Å². The molecule has 0 spiro atoms. The molecule has 0 aliphatic rings. The first-order valence-corrected chi connectivity index (χ1v) is 7.95. The monoisotopic (exact) mass is 304 g/mol. The Bertz CT molecular complexity index is 597. The van der Waals surface area contributed by atoms with E-state index in [0.29, 0.717) is 5.75 Å². The van der Waals surface area contributed by atoms with E-state index < -0.39 is 0 Å². The van der Waals surface area contributed by atoms with Crippen molar-refractivity contribution in [1.82, 2.24) is 20.1 Å². The molecule has 6 heteroatoms. The van der Waals surface area contributed by atoms with E-state index in [1.165, 1.54) is 11.8 Å². The van der Waals surface area contributed by atoms with Crippen LogP contribution in [0.5, 0.6) is 0 Å². The zero-order chi connectivity index (χ0) is 15.2. The maximum atomic E-state index is 12.0. The molecule has 0 fully saturated rings. The highest BCUT2D eigenvalue weighted by Crippen LogP contribution is 2.16. The quantitative estimate of drug-likeness (QED) is 0.832. The maximum absolute atomic E-state index is 12.0. The number of aromatic nitrogens is 3. The highest BCUT2D eigenvalue weighted by atomic mass is 32.2. The summed E-state index contributed by atoms with van der Waals surface area (Å²) in [6, 6.07) is 9.93. The molecule has 21 heavy (non-hydrogen) atoms. The lowest BCUT2D eigenvalue weighted by molar-refractivity contribution is -0.119. The van der Waals surface area contributed by atoms with Crippen LogP contribution >= 0.6 is 11.8 Å². The molecule has 0 aliphatic heterocycles. The Morgan fingerprint density at radius 3 is 2.67 bits per heavy atom. The van der Waals surface area contributed by atoms with Crippen LogP contribution in [0, 0.1) is 0 Å². The van der Waals surface area contributed by atoms with E-state index in [2.05, 4.69) is 15.5 Å². The van der Waals surface area contributed by atoms with Gasteiger partial charge in [-0.25, -0.2) is 0 Å². The van der Waals surface area contributed by atoms with Gasteiger partial charge >= 0.3 is 0 Å². The van der Waals surface area contributed by atoms with Crippen molar-refractivity contribution in [2.75, 3.05) is 5.75 Å². The molecule has 2 rings (SSSR count). The predicted octanol–water partition coefficient (Wildman–Crippen LogP) is 2.35. The lowest BCUT2D eigenvalue weighted by Crippen LogP contribution is -2.28. The van der Waals surface area contributed by atoms with Gasteiger partial charge in [-0.05, 0) is 12.5 Å². The fraction of sp³-hybridized carbons (Fsp3) is 0.400. The highest BCUT2D eigenvalue weighted by molar-refractivity contribution is 7.99. The third-order valence-electron chi connectivity index (χ3n) is 3.25. The van der Waals surface area contributed by atoms with Crippen molar-refractivity contribution < 1.29 is 4.79 Å². The van der Waals surface area contributed by atoms with E-state index in [1.807, 2.05) is 55.8 Å². The molecule has 1 heterocycles. The Morgan fingerprint density at radius 2 is 2.05 bits per heavy atom. The largest absolute Gasteiger partial charge is 0.349 e. The molecule has 1 aromatic carbocycles. The molecule has 0 saturated carbocycles. The lowest BCUT2D eigenvalue weighted by atomic mass is 10.1. The van der Waals surface area contributed by atoms with E-state index in [0.717, 1.165) is 23.0 Å². The first kappa shape index (κ1) is 15.6. The van der Waals surface area contributed by atoms with Crippen LogP contribution in [-0.2, 0) is 18.3 Å². The van der Waals surface area contributed by atoms with Gasteiger partial charge in [-0.3, -0.25) is 4.79 Å². The Labute approximate surface area is 129 Å². The molecule has 112 valence electrons. The number of rotatable bonds is 6. The Balaban J connectivity index is 1.86. The van der Waals surface area contributed by atoms with Crippen molar-refractivity contribution in [2.45, 2.75) is 31.5 Å². The fourth-order valence-electron chi connectivity index (χ4n) is 2.02. The van der Waals surface area contributed by atoms with Crippen LogP contribution in [0.15, 0.2) is 35.5 Å². The minimum absolute atomic E-state index is 0.00241. The van der Waals surface area contributed by atoms with E-state index in [-0.39, 0.29) is 11.9 Å². The summed E-state index contributed by atoms with van der Waals surface area (Å²) in [4.78, 5) is 12.0. The first-order valence-electron chi connectivity index (χ1n) is 6.97. The number of carbonyl (C=O) groups is 1. The van der Waals surface area contributed by atoms with E-state index in [1.54, 1.807) is 0 Å². The van der Waals surface area contributed by atoms with E-state index in [4.69, 9.17) is 0 Å². The summed E-state index contributed by atoms with van der Waals surface area (Å²) in [5, 5.41) is 11.9. The number of carbonyl (C=O) groups excluding carboxylic acids is 1. The van der Waals surface area contributed by atoms with Crippen LogP contribution in [0.3, 0.4) is 0 Å². The molecule has 2 aromatic rings. The van der Waals surface area contributed by atoms with Gasteiger partial charge in [0.2, 0.25) is 5.91 Å². The first-order chi connectivity index (χ1) is 10.1. The summed E-state index contributed by atoms with van der Waals surface area (Å²) in [6.45, 7) is 4.02. The van der Waals surface area contributed by atoms with Gasteiger partial charge in [-0.15, -0.1) is 10.2 Å². The number of nitrogens with zero attached hydrogens (tertiary/aromatic N) is 3. The Hall–Kier alpha value is -1.82. The van der Waals surface area contributed by atoms with Crippen LogP contribution in [0.2, 0.25) is 0 Å². The summed E-state index contributed by atoms with van der Waals surface area (Å²) >= 11 is 1.41.